The molecule has 0 aromatic heterocycles. The fraction of sp³-hybridized carbons (Fsp3) is 0.833. The number of hydrogen-bond acceptors (Lipinski definition) is 4. The van der Waals surface area contributed by atoms with Crippen LogP contribution in [-0.4, -0.2) is 34.4 Å². The lowest BCUT2D eigenvalue weighted by Crippen LogP contribution is -2.32. The van der Waals surface area contributed by atoms with E-state index in [2.05, 4.69) is 6.92 Å². The second kappa shape index (κ2) is 8.98. The van der Waals surface area contributed by atoms with E-state index in [9.17, 15) is 14.7 Å². The molecule has 0 radical (unpaired) electrons. The fourth-order valence-corrected chi connectivity index (χ4v) is 1.37. The number of aliphatic carboxylic acids is 1. The van der Waals surface area contributed by atoms with Gasteiger partial charge in [-0.05, 0) is 19.3 Å². The molecule has 0 aromatic rings. The number of ether oxygens (including phenoxy) is 1. The van der Waals surface area contributed by atoms with Crippen molar-refractivity contribution in [3.05, 3.63) is 0 Å². The van der Waals surface area contributed by atoms with Crippen LogP contribution < -0.4 is 0 Å². The van der Waals surface area contributed by atoms with Gasteiger partial charge >= 0.3 is 11.9 Å². The highest BCUT2D eigenvalue weighted by Crippen LogP contribution is 2.10. The summed E-state index contributed by atoms with van der Waals surface area (Å²) < 4.78 is 4.76. The van der Waals surface area contributed by atoms with Crippen molar-refractivity contribution in [1.82, 2.24) is 0 Å². The zero-order valence-electron chi connectivity index (χ0n) is 10.5. The van der Waals surface area contributed by atoms with Crippen LogP contribution in [0.3, 0.4) is 0 Å². The third kappa shape index (κ3) is 6.94. The van der Waals surface area contributed by atoms with Crippen molar-refractivity contribution in [2.24, 2.45) is 0 Å². The van der Waals surface area contributed by atoms with E-state index in [4.69, 9.17) is 9.84 Å². The minimum Gasteiger partial charge on any atom is -0.479 e. The van der Waals surface area contributed by atoms with E-state index in [1.165, 1.54) is 0 Å². The van der Waals surface area contributed by atoms with Gasteiger partial charge in [-0.2, -0.15) is 0 Å². The van der Waals surface area contributed by atoms with Crippen molar-refractivity contribution in [3.63, 3.8) is 0 Å². The lowest BCUT2D eigenvalue weighted by Gasteiger charge is -2.15. The molecule has 2 unspecified atom stereocenters. The Kier molecular flexibility index (Phi) is 8.40. The van der Waals surface area contributed by atoms with E-state index in [0.717, 1.165) is 19.3 Å². The largest absolute Gasteiger partial charge is 0.479 e. The van der Waals surface area contributed by atoms with Gasteiger partial charge in [0.2, 0.25) is 0 Å². The monoisotopic (exact) mass is 246 g/mol. The molecule has 0 heterocycles. The molecule has 100 valence electrons. The quantitative estimate of drug-likeness (QED) is 0.478. The number of carboxylic acid groups (broad SMARTS) is 1. The summed E-state index contributed by atoms with van der Waals surface area (Å²) in [4.78, 5) is 22.1. The number of unbranched alkanes of at least 4 members (excludes halogenated alkanes) is 3. The summed E-state index contributed by atoms with van der Waals surface area (Å²) in [6, 6.07) is 0. The van der Waals surface area contributed by atoms with Crippen LogP contribution in [0.5, 0.6) is 0 Å². The number of carbonyl (C=O) groups is 2. The summed E-state index contributed by atoms with van der Waals surface area (Å²) in [5, 5.41) is 18.1. The summed E-state index contributed by atoms with van der Waals surface area (Å²) in [5.74, 6) is -2.01. The van der Waals surface area contributed by atoms with Crippen molar-refractivity contribution >= 4 is 11.9 Å². The third-order valence-electron chi connectivity index (χ3n) is 2.51. The first-order valence-corrected chi connectivity index (χ1v) is 6.14. The Morgan fingerprint density at radius 1 is 1.18 bits per heavy atom. The Labute approximate surface area is 102 Å². The lowest BCUT2D eigenvalue weighted by molar-refractivity contribution is -0.170. The Morgan fingerprint density at radius 2 is 1.82 bits per heavy atom. The molecule has 0 saturated carbocycles. The van der Waals surface area contributed by atoms with E-state index >= 15 is 0 Å². The van der Waals surface area contributed by atoms with Crippen molar-refractivity contribution in [1.29, 1.82) is 0 Å². The lowest BCUT2D eigenvalue weighted by atomic mass is 10.1. The SMILES string of the molecule is CCCCCCC(OC(=O)C(O)CC)C(=O)O. The first-order chi connectivity index (χ1) is 8.02. The van der Waals surface area contributed by atoms with Crippen LogP contribution in [0.1, 0.15) is 52.4 Å². The molecule has 0 aliphatic carbocycles. The summed E-state index contributed by atoms with van der Waals surface area (Å²) in [5.41, 5.74) is 0. The number of carboxylic acids is 1. The Bertz CT molecular complexity index is 239. The maximum Gasteiger partial charge on any atom is 0.345 e. The molecule has 5 heteroatoms. The minimum absolute atomic E-state index is 0.223. The van der Waals surface area contributed by atoms with Crippen LogP contribution in [0, 0.1) is 0 Å². The van der Waals surface area contributed by atoms with Gasteiger partial charge in [0.15, 0.2) is 12.2 Å². The van der Waals surface area contributed by atoms with Crippen LogP contribution in [0.4, 0.5) is 0 Å². The summed E-state index contributed by atoms with van der Waals surface area (Å²) >= 11 is 0. The van der Waals surface area contributed by atoms with Gasteiger partial charge in [-0.15, -0.1) is 0 Å². The molecule has 17 heavy (non-hydrogen) atoms. The Hall–Kier alpha value is -1.10. The Balaban J connectivity index is 4.07. The van der Waals surface area contributed by atoms with Crippen molar-refractivity contribution in [3.8, 4) is 0 Å². The molecule has 5 nitrogen and oxygen atoms in total. The first kappa shape index (κ1) is 15.9. The number of rotatable bonds is 9. The molecule has 0 saturated heterocycles. The van der Waals surface area contributed by atoms with E-state index in [1.54, 1.807) is 6.92 Å². The second-order valence-corrected chi connectivity index (χ2v) is 4.04. The topological polar surface area (TPSA) is 83.8 Å². The molecule has 0 aromatic carbocycles. The van der Waals surface area contributed by atoms with Crippen LogP contribution in [-0.2, 0) is 14.3 Å². The molecule has 0 fully saturated rings. The summed E-state index contributed by atoms with van der Waals surface area (Å²) in [6.45, 7) is 3.69. The second-order valence-electron chi connectivity index (χ2n) is 4.04. The molecule has 0 bridgehead atoms. The standard InChI is InChI=1S/C12H22O5/c1-3-5-6-7-8-10(11(14)15)17-12(16)9(13)4-2/h9-10,13H,3-8H2,1-2H3,(H,14,15). The molecule has 0 spiro atoms. The number of aliphatic hydroxyl groups is 1. The van der Waals surface area contributed by atoms with E-state index < -0.39 is 24.1 Å². The number of hydrogen-bond donors (Lipinski definition) is 2. The molecular weight excluding hydrogens is 224 g/mol. The molecule has 2 atom stereocenters. The van der Waals surface area contributed by atoms with Gasteiger partial charge in [-0.3, -0.25) is 0 Å². The minimum atomic E-state index is -1.23. The maximum absolute atomic E-state index is 11.2. The number of aliphatic hydroxyl groups excluding tert-OH is 1. The fourth-order valence-electron chi connectivity index (χ4n) is 1.37. The van der Waals surface area contributed by atoms with Crippen LogP contribution in [0.2, 0.25) is 0 Å². The normalized spacial score (nSPS) is 14.1. The highest BCUT2D eigenvalue weighted by atomic mass is 16.6. The smallest absolute Gasteiger partial charge is 0.345 e. The van der Waals surface area contributed by atoms with Gasteiger partial charge in [0.05, 0.1) is 0 Å². The average molecular weight is 246 g/mol. The van der Waals surface area contributed by atoms with Crippen LogP contribution in [0.15, 0.2) is 0 Å². The van der Waals surface area contributed by atoms with Gasteiger partial charge in [0.25, 0.3) is 0 Å². The molecule has 2 N–H and O–H groups in total. The number of carbonyl (C=O) groups excluding carboxylic acids is 1. The highest BCUT2D eigenvalue weighted by Gasteiger charge is 2.24. The highest BCUT2D eigenvalue weighted by molar-refractivity contribution is 5.80. The zero-order valence-corrected chi connectivity index (χ0v) is 10.5. The van der Waals surface area contributed by atoms with E-state index in [1.807, 2.05) is 0 Å². The average Bonchev–Trinajstić information content (AvgIpc) is 2.31. The van der Waals surface area contributed by atoms with Crippen molar-refractivity contribution in [2.45, 2.75) is 64.6 Å². The van der Waals surface area contributed by atoms with Gasteiger partial charge in [0.1, 0.15) is 0 Å². The van der Waals surface area contributed by atoms with E-state index in [-0.39, 0.29) is 6.42 Å². The van der Waals surface area contributed by atoms with E-state index in [0.29, 0.717) is 12.8 Å². The molecule has 0 rings (SSSR count). The maximum atomic E-state index is 11.2. The van der Waals surface area contributed by atoms with Gasteiger partial charge in [-0.1, -0.05) is 33.1 Å². The van der Waals surface area contributed by atoms with Gasteiger partial charge < -0.3 is 14.9 Å². The van der Waals surface area contributed by atoms with Crippen LogP contribution >= 0.6 is 0 Å². The predicted octanol–water partition coefficient (Wildman–Crippen LogP) is 1.72. The number of esters is 1. The molecular formula is C12H22O5. The van der Waals surface area contributed by atoms with Crippen LogP contribution in [0.25, 0.3) is 0 Å². The molecule has 0 amide bonds. The molecule has 0 aliphatic rings. The van der Waals surface area contributed by atoms with Gasteiger partial charge in [0, 0.05) is 0 Å². The van der Waals surface area contributed by atoms with Crippen molar-refractivity contribution < 1.29 is 24.5 Å². The van der Waals surface area contributed by atoms with Crippen molar-refractivity contribution in [2.75, 3.05) is 0 Å². The summed E-state index contributed by atoms with van der Waals surface area (Å²) in [7, 11) is 0. The zero-order chi connectivity index (χ0) is 13.3. The van der Waals surface area contributed by atoms with Gasteiger partial charge in [-0.25, -0.2) is 9.59 Å². The third-order valence-corrected chi connectivity index (χ3v) is 2.51. The Morgan fingerprint density at radius 3 is 2.29 bits per heavy atom. The predicted molar refractivity (Wildman–Crippen MR) is 62.6 cm³/mol. The molecule has 0 aliphatic heterocycles. The summed E-state index contributed by atoms with van der Waals surface area (Å²) in [6.07, 6.45) is 1.89. The first-order valence-electron chi connectivity index (χ1n) is 6.14.